The highest BCUT2D eigenvalue weighted by molar-refractivity contribution is 4.80. The van der Waals surface area contributed by atoms with Gasteiger partial charge in [-0.05, 0) is 25.7 Å². The van der Waals surface area contributed by atoms with Gasteiger partial charge < -0.3 is 15.2 Å². The molecule has 14 heavy (non-hydrogen) atoms. The maximum Gasteiger partial charge on any atom is 0.0645 e. The highest BCUT2D eigenvalue weighted by atomic mass is 16.5. The average Bonchev–Trinajstić information content (AvgIpc) is 2.23. The Labute approximate surface area is 88.0 Å². The van der Waals surface area contributed by atoms with Gasteiger partial charge in [-0.15, -0.1) is 0 Å². The van der Waals surface area contributed by atoms with Crippen molar-refractivity contribution in [1.29, 1.82) is 0 Å². The molecule has 0 saturated carbocycles. The minimum absolute atomic E-state index is 0.124. The second-order valence-electron chi connectivity index (χ2n) is 3.82. The molecule has 0 aliphatic rings. The Kier molecular flexibility index (Phi) is 8.14. The average molecular weight is 203 g/mol. The summed E-state index contributed by atoms with van der Waals surface area (Å²) in [5.74, 6) is 0. The van der Waals surface area contributed by atoms with Crippen LogP contribution in [-0.4, -0.2) is 32.5 Å². The van der Waals surface area contributed by atoms with E-state index in [2.05, 4.69) is 13.8 Å². The van der Waals surface area contributed by atoms with E-state index < -0.39 is 0 Å². The van der Waals surface area contributed by atoms with E-state index in [1.807, 2.05) is 0 Å². The van der Waals surface area contributed by atoms with E-state index in [1.165, 1.54) is 0 Å². The van der Waals surface area contributed by atoms with Crippen LogP contribution in [0.4, 0.5) is 0 Å². The van der Waals surface area contributed by atoms with E-state index in [-0.39, 0.29) is 5.54 Å². The van der Waals surface area contributed by atoms with E-state index in [0.29, 0.717) is 6.61 Å². The largest absolute Gasteiger partial charge is 0.385 e. The van der Waals surface area contributed by atoms with Gasteiger partial charge in [0.2, 0.25) is 0 Å². The Hall–Kier alpha value is -0.120. The topological polar surface area (TPSA) is 44.5 Å². The molecule has 86 valence electrons. The van der Waals surface area contributed by atoms with Crippen molar-refractivity contribution < 1.29 is 9.47 Å². The minimum atomic E-state index is -0.124. The fraction of sp³-hybridized carbons (Fsp3) is 1.00. The van der Waals surface area contributed by atoms with E-state index in [4.69, 9.17) is 15.2 Å². The summed E-state index contributed by atoms with van der Waals surface area (Å²) in [5.41, 5.74) is 5.96. The highest BCUT2D eigenvalue weighted by Crippen LogP contribution is 2.11. The Balaban J connectivity index is 3.34. The lowest BCUT2D eigenvalue weighted by Crippen LogP contribution is -2.43. The molecule has 0 aliphatic carbocycles. The number of rotatable bonds is 9. The Bertz CT molecular complexity index is 124. The fourth-order valence-corrected chi connectivity index (χ4v) is 1.18. The first kappa shape index (κ1) is 13.9. The Morgan fingerprint density at radius 2 is 1.64 bits per heavy atom. The van der Waals surface area contributed by atoms with Crippen molar-refractivity contribution in [2.24, 2.45) is 5.73 Å². The smallest absolute Gasteiger partial charge is 0.0645 e. The predicted octanol–water partition coefficient (Wildman–Crippen LogP) is 1.95. The molecule has 0 atom stereocenters. The normalized spacial score (nSPS) is 12.0. The molecule has 0 radical (unpaired) electrons. The Morgan fingerprint density at radius 3 is 2.14 bits per heavy atom. The van der Waals surface area contributed by atoms with Gasteiger partial charge in [-0.25, -0.2) is 0 Å². The van der Waals surface area contributed by atoms with Gasteiger partial charge in [0.05, 0.1) is 6.61 Å². The molecule has 3 nitrogen and oxygen atoms in total. The molecule has 0 rings (SSSR count). The third-order valence-corrected chi connectivity index (χ3v) is 2.68. The SMILES string of the molecule is CCC(N)(CC)COCCCCOC. The van der Waals surface area contributed by atoms with E-state index in [9.17, 15) is 0 Å². The van der Waals surface area contributed by atoms with Gasteiger partial charge in [0.1, 0.15) is 0 Å². The molecule has 0 amide bonds. The molecule has 0 unspecified atom stereocenters. The molecule has 0 bridgehead atoms. The minimum Gasteiger partial charge on any atom is -0.385 e. The standard InChI is InChI=1S/C11H25NO2/c1-4-11(12,5-2)10-14-9-7-6-8-13-3/h4-10,12H2,1-3H3. The van der Waals surface area contributed by atoms with E-state index in [0.717, 1.165) is 38.9 Å². The molecule has 0 saturated heterocycles. The summed E-state index contributed by atoms with van der Waals surface area (Å²) in [7, 11) is 1.72. The molecular weight excluding hydrogens is 178 g/mol. The van der Waals surface area contributed by atoms with Crippen molar-refractivity contribution >= 4 is 0 Å². The molecule has 0 aromatic carbocycles. The van der Waals surface area contributed by atoms with Crippen molar-refractivity contribution in [3.63, 3.8) is 0 Å². The quantitative estimate of drug-likeness (QED) is 0.582. The first-order chi connectivity index (χ1) is 6.68. The molecule has 2 N–H and O–H groups in total. The number of nitrogens with two attached hydrogens (primary N) is 1. The lowest BCUT2D eigenvalue weighted by atomic mass is 9.96. The summed E-state index contributed by atoms with van der Waals surface area (Å²) in [6.45, 7) is 6.50. The predicted molar refractivity (Wildman–Crippen MR) is 59.4 cm³/mol. The third-order valence-electron chi connectivity index (χ3n) is 2.68. The van der Waals surface area contributed by atoms with Crippen molar-refractivity contribution in [2.75, 3.05) is 26.9 Å². The van der Waals surface area contributed by atoms with Gasteiger partial charge in [0.25, 0.3) is 0 Å². The lowest BCUT2D eigenvalue weighted by Gasteiger charge is -2.26. The second-order valence-corrected chi connectivity index (χ2v) is 3.82. The van der Waals surface area contributed by atoms with Crippen molar-refractivity contribution in [2.45, 2.75) is 45.1 Å². The van der Waals surface area contributed by atoms with Gasteiger partial charge in [-0.1, -0.05) is 13.8 Å². The van der Waals surface area contributed by atoms with E-state index >= 15 is 0 Å². The van der Waals surface area contributed by atoms with Crippen LogP contribution in [0.15, 0.2) is 0 Å². The van der Waals surface area contributed by atoms with Gasteiger partial charge >= 0.3 is 0 Å². The van der Waals surface area contributed by atoms with Crippen LogP contribution in [0.25, 0.3) is 0 Å². The number of unbranched alkanes of at least 4 members (excludes halogenated alkanes) is 1. The summed E-state index contributed by atoms with van der Waals surface area (Å²) in [4.78, 5) is 0. The molecule has 0 fully saturated rings. The molecule has 3 heteroatoms. The molecule has 0 aromatic rings. The molecule has 0 aromatic heterocycles. The van der Waals surface area contributed by atoms with Crippen molar-refractivity contribution in [3.8, 4) is 0 Å². The summed E-state index contributed by atoms with van der Waals surface area (Å²) >= 11 is 0. The van der Waals surface area contributed by atoms with Gasteiger partial charge in [0.15, 0.2) is 0 Å². The van der Waals surface area contributed by atoms with Crippen LogP contribution in [0.1, 0.15) is 39.5 Å². The summed E-state index contributed by atoms with van der Waals surface area (Å²) in [5, 5.41) is 0. The fourth-order valence-electron chi connectivity index (χ4n) is 1.18. The monoisotopic (exact) mass is 203 g/mol. The van der Waals surface area contributed by atoms with Crippen LogP contribution < -0.4 is 5.73 Å². The summed E-state index contributed by atoms with van der Waals surface area (Å²) in [6, 6.07) is 0. The van der Waals surface area contributed by atoms with E-state index in [1.54, 1.807) is 7.11 Å². The number of ether oxygens (including phenoxy) is 2. The third kappa shape index (κ3) is 6.35. The van der Waals surface area contributed by atoms with Crippen LogP contribution >= 0.6 is 0 Å². The summed E-state index contributed by atoms with van der Waals surface area (Å²) in [6.07, 6.45) is 4.06. The molecule has 0 aliphatic heterocycles. The lowest BCUT2D eigenvalue weighted by molar-refractivity contribution is 0.0739. The van der Waals surface area contributed by atoms with Crippen LogP contribution in [0.2, 0.25) is 0 Å². The highest BCUT2D eigenvalue weighted by Gasteiger charge is 2.19. The molecular formula is C11H25NO2. The maximum atomic E-state index is 6.09. The first-order valence-corrected chi connectivity index (χ1v) is 5.54. The number of methoxy groups -OCH3 is 1. The zero-order valence-corrected chi connectivity index (χ0v) is 9.84. The molecule has 0 spiro atoms. The van der Waals surface area contributed by atoms with Crippen LogP contribution in [0, 0.1) is 0 Å². The zero-order chi connectivity index (χ0) is 10.9. The number of hydrogen-bond donors (Lipinski definition) is 1. The van der Waals surface area contributed by atoms with Gasteiger partial charge in [0, 0.05) is 25.9 Å². The van der Waals surface area contributed by atoms with Crippen LogP contribution in [-0.2, 0) is 9.47 Å². The van der Waals surface area contributed by atoms with Crippen molar-refractivity contribution in [1.82, 2.24) is 0 Å². The second kappa shape index (κ2) is 8.21. The number of hydrogen-bond acceptors (Lipinski definition) is 3. The van der Waals surface area contributed by atoms with Gasteiger partial charge in [-0.3, -0.25) is 0 Å². The van der Waals surface area contributed by atoms with Crippen molar-refractivity contribution in [3.05, 3.63) is 0 Å². The van der Waals surface area contributed by atoms with Crippen LogP contribution in [0.3, 0.4) is 0 Å². The van der Waals surface area contributed by atoms with Crippen LogP contribution in [0.5, 0.6) is 0 Å². The first-order valence-electron chi connectivity index (χ1n) is 5.54. The maximum absolute atomic E-state index is 6.09. The zero-order valence-electron chi connectivity index (χ0n) is 9.84. The van der Waals surface area contributed by atoms with Gasteiger partial charge in [-0.2, -0.15) is 0 Å². The summed E-state index contributed by atoms with van der Waals surface area (Å²) < 4.78 is 10.5. The molecule has 0 heterocycles. The Morgan fingerprint density at radius 1 is 1.07 bits per heavy atom.